The summed E-state index contributed by atoms with van der Waals surface area (Å²) in [6.07, 6.45) is 1.17. The van der Waals surface area contributed by atoms with Crippen molar-refractivity contribution in [1.82, 2.24) is 5.32 Å². The van der Waals surface area contributed by atoms with Crippen LogP contribution in [0, 0.1) is 10.1 Å². The third-order valence-electron chi connectivity index (χ3n) is 3.07. The maximum absolute atomic E-state index is 10.8. The molecule has 0 heterocycles. The van der Waals surface area contributed by atoms with Crippen molar-refractivity contribution in [1.29, 1.82) is 0 Å². The minimum Gasteiger partial charge on any atom is -0.496 e. The van der Waals surface area contributed by atoms with Crippen LogP contribution in [0.15, 0.2) is 18.2 Å². The fourth-order valence-electron chi connectivity index (χ4n) is 1.74. The number of methoxy groups -OCH3 is 1. The average Bonchev–Trinajstić information content (AvgIpc) is 2.38. The van der Waals surface area contributed by atoms with Gasteiger partial charge in [0.15, 0.2) is 0 Å². The molecule has 0 saturated carbocycles. The molecule has 0 radical (unpaired) electrons. The first-order chi connectivity index (χ1) is 8.48. The highest BCUT2D eigenvalue weighted by molar-refractivity contribution is 5.53. The molecule has 0 saturated heterocycles. The van der Waals surface area contributed by atoms with Crippen LogP contribution < -0.4 is 10.1 Å². The Morgan fingerprint density at radius 3 is 2.67 bits per heavy atom. The lowest BCUT2D eigenvalue weighted by Crippen LogP contribution is -2.38. The molecule has 0 aliphatic heterocycles. The van der Waals surface area contributed by atoms with E-state index in [1.807, 2.05) is 6.92 Å². The summed E-state index contributed by atoms with van der Waals surface area (Å²) in [5, 5.41) is 13.5. The molecule has 1 unspecified atom stereocenters. The molecule has 6 heteroatoms. The number of nitro groups is 1. The van der Waals surface area contributed by atoms with Gasteiger partial charge in [-0.3, -0.25) is 14.9 Å². The summed E-state index contributed by atoms with van der Waals surface area (Å²) >= 11 is 0. The number of hydrogen-bond donors (Lipinski definition) is 1. The molecule has 6 nitrogen and oxygen atoms in total. The van der Waals surface area contributed by atoms with Crippen LogP contribution in [0.5, 0.6) is 5.75 Å². The number of nitrogens with zero attached hydrogens (tertiary/aromatic N) is 1. The third kappa shape index (κ3) is 2.58. The van der Waals surface area contributed by atoms with Crippen LogP contribution in [-0.2, 0) is 10.3 Å². The highest BCUT2D eigenvalue weighted by Crippen LogP contribution is 2.34. The maximum Gasteiger partial charge on any atom is 0.270 e. The van der Waals surface area contributed by atoms with Crippen molar-refractivity contribution in [3.63, 3.8) is 0 Å². The van der Waals surface area contributed by atoms with Crippen LogP contribution in [0.3, 0.4) is 0 Å². The number of nitro benzene ring substituents is 1. The van der Waals surface area contributed by atoms with Gasteiger partial charge >= 0.3 is 0 Å². The van der Waals surface area contributed by atoms with Crippen LogP contribution in [0.2, 0.25) is 0 Å². The summed E-state index contributed by atoms with van der Waals surface area (Å²) in [4.78, 5) is 21.0. The molecule has 0 aromatic heterocycles. The van der Waals surface area contributed by atoms with Crippen LogP contribution in [0.25, 0.3) is 0 Å². The second-order valence-electron chi connectivity index (χ2n) is 4.09. The smallest absolute Gasteiger partial charge is 0.270 e. The molecule has 18 heavy (non-hydrogen) atoms. The number of hydrogen-bond acceptors (Lipinski definition) is 4. The molecule has 0 aliphatic carbocycles. The number of non-ortho nitro benzene ring substituents is 1. The largest absolute Gasteiger partial charge is 0.496 e. The Morgan fingerprint density at radius 1 is 1.56 bits per heavy atom. The second-order valence-corrected chi connectivity index (χ2v) is 4.09. The van der Waals surface area contributed by atoms with Gasteiger partial charge in [-0.05, 0) is 19.4 Å². The summed E-state index contributed by atoms with van der Waals surface area (Å²) in [5.41, 5.74) is -0.133. The van der Waals surface area contributed by atoms with E-state index in [1.165, 1.54) is 25.3 Å². The number of amides is 1. The Balaban J connectivity index is 3.38. The van der Waals surface area contributed by atoms with E-state index in [-0.39, 0.29) is 5.69 Å². The molecule has 1 N–H and O–H groups in total. The van der Waals surface area contributed by atoms with Gasteiger partial charge in [0.1, 0.15) is 5.75 Å². The van der Waals surface area contributed by atoms with E-state index < -0.39 is 10.5 Å². The molecule has 98 valence electrons. The van der Waals surface area contributed by atoms with Crippen LogP contribution in [-0.4, -0.2) is 18.4 Å². The van der Waals surface area contributed by atoms with Crippen molar-refractivity contribution in [2.75, 3.05) is 7.11 Å². The molecule has 0 fully saturated rings. The first kappa shape index (κ1) is 14.0. The third-order valence-corrected chi connectivity index (χ3v) is 3.07. The van der Waals surface area contributed by atoms with E-state index in [1.54, 1.807) is 6.92 Å². The predicted molar refractivity (Wildman–Crippen MR) is 66.5 cm³/mol. The maximum atomic E-state index is 10.8. The summed E-state index contributed by atoms with van der Waals surface area (Å²) in [6.45, 7) is 3.68. The Hall–Kier alpha value is -2.11. The Morgan fingerprint density at radius 2 is 2.22 bits per heavy atom. The summed E-state index contributed by atoms with van der Waals surface area (Å²) in [6, 6.07) is 4.34. The van der Waals surface area contributed by atoms with Crippen LogP contribution in [0.1, 0.15) is 25.8 Å². The Bertz CT molecular complexity index is 461. The molecule has 0 spiro atoms. The molecule has 0 bridgehead atoms. The van der Waals surface area contributed by atoms with E-state index in [0.29, 0.717) is 24.1 Å². The van der Waals surface area contributed by atoms with E-state index >= 15 is 0 Å². The number of carbonyl (C=O) groups excluding carboxylic acids is 1. The average molecular weight is 252 g/mol. The van der Waals surface area contributed by atoms with E-state index in [9.17, 15) is 14.9 Å². The zero-order valence-electron chi connectivity index (χ0n) is 10.6. The summed E-state index contributed by atoms with van der Waals surface area (Å²) in [7, 11) is 1.49. The van der Waals surface area contributed by atoms with E-state index in [0.717, 1.165) is 0 Å². The number of ether oxygens (including phenoxy) is 1. The lowest BCUT2D eigenvalue weighted by molar-refractivity contribution is -0.385. The van der Waals surface area contributed by atoms with Gasteiger partial charge in [0.05, 0.1) is 17.6 Å². The quantitative estimate of drug-likeness (QED) is 0.476. The SMILES string of the molecule is CCC(C)(NC=O)c1cc([N+](=O)[O-])ccc1OC. The molecule has 1 aromatic carbocycles. The molecule has 1 rings (SSSR count). The van der Waals surface area contributed by atoms with Gasteiger partial charge in [-0.2, -0.15) is 0 Å². The Kier molecular flexibility index (Phi) is 4.25. The van der Waals surface area contributed by atoms with Crippen molar-refractivity contribution >= 4 is 12.1 Å². The lowest BCUT2D eigenvalue weighted by Gasteiger charge is -2.29. The molecule has 0 aliphatic rings. The Labute approximate surface area is 105 Å². The zero-order valence-corrected chi connectivity index (χ0v) is 10.6. The fourth-order valence-corrected chi connectivity index (χ4v) is 1.74. The molecular formula is C12H16N2O4. The van der Waals surface area contributed by atoms with Crippen molar-refractivity contribution in [2.45, 2.75) is 25.8 Å². The predicted octanol–water partition coefficient (Wildman–Crippen LogP) is 1.97. The van der Waals surface area contributed by atoms with Gasteiger partial charge in [-0.15, -0.1) is 0 Å². The van der Waals surface area contributed by atoms with Crippen molar-refractivity contribution in [3.8, 4) is 5.75 Å². The van der Waals surface area contributed by atoms with E-state index in [2.05, 4.69) is 5.32 Å². The topological polar surface area (TPSA) is 81.5 Å². The first-order valence-corrected chi connectivity index (χ1v) is 5.52. The normalized spacial score (nSPS) is 13.5. The molecule has 1 aromatic rings. The highest BCUT2D eigenvalue weighted by atomic mass is 16.6. The monoisotopic (exact) mass is 252 g/mol. The van der Waals surface area contributed by atoms with Gasteiger partial charge in [0.2, 0.25) is 6.41 Å². The molecule has 1 amide bonds. The van der Waals surface area contributed by atoms with Gasteiger partial charge < -0.3 is 10.1 Å². The molecular weight excluding hydrogens is 236 g/mol. The van der Waals surface area contributed by atoms with Gasteiger partial charge in [0, 0.05) is 17.7 Å². The minimum absolute atomic E-state index is 0.0295. The van der Waals surface area contributed by atoms with Crippen LogP contribution >= 0.6 is 0 Å². The zero-order chi connectivity index (χ0) is 13.8. The van der Waals surface area contributed by atoms with Gasteiger partial charge in [0.25, 0.3) is 5.69 Å². The van der Waals surface area contributed by atoms with Gasteiger partial charge in [-0.25, -0.2) is 0 Å². The fraction of sp³-hybridized carbons (Fsp3) is 0.417. The minimum atomic E-state index is -0.695. The van der Waals surface area contributed by atoms with E-state index in [4.69, 9.17) is 4.74 Å². The summed E-state index contributed by atoms with van der Waals surface area (Å²) < 4.78 is 5.20. The second kappa shape index (κ2) is 5.48. The molecule has 1 atom stereocenters. The van der Waals surface area contributed by atoms with Crippen LogP contribution in [0.4, 0.5) is 5.69 Å². The van der Waals surface area contributed by atoms with Crippen molar-refractivity contribution < 1.29 is 14.5 Å². The number of carbonyl (C=O) groups is 1. The number of nitrogens with one attached hydrogen (secondary N) is 1. The first-order valence-electron chi connectivity index (χ1n) is 5.52. The number of rotatable bonds is 6. The highest BCUT2D eigenvalue weighted by Gasteiger charge is 2.29. The van der Waals surface area contributed by atoms with Crippen molar-refractivity contribution in [3.05, 3.63) is 33.9 Å². The lowest BCUT2D eigenvalue weighted by atomic mass is 9.88. The summed E-state index contributed by atoms with van der Waals surface area (Å²) in [5.74, 6) is 0.513. The number of benzene rings is 1. The van der Waals surface area contributed by atoms with Gasteiger partial charge in [-0.1, -0.05) is 6.92 Å². The standard InChI is InChI=1S/C12H16N2O4/c1-4-12(2,13-8-15)10-7-9(14(16)17)5-6-11(10)18-3/h5-8H,4H2,1-3H3,(H,13,15). The van der Waals surface area contributed by atoms with Crippen molar-refractivity contribution in [2.24, 2.45) is 0 Å².